The molecule has 1 fully saturated rings. The number of allylic oxidation sites excluding steroid dienone is 2. The van der Waals surface area contributed by atoms with Gasteiger partial charge in [-0.2, -0.15) is 0 Å². The summed E-state index contributed by atoms with van der Waals surface area (Å²) in [4.78, 5) is 0.446. The predicted octanol–water partition coefficient (Wildman–Crippen LogP) is 3.37. The number of aliphatic hydroxyl groups excluding tert-OH is 1. The van der Waals surface area contributed by atoms with E-state index in [2.05, 4.69) is 6.08 Å². The second kappa shape index (κ2) is 5.43. The normalized spacial score (nSPS) is 31.3. The van der Waals surface area contributed by atoms with Gasteiger partial charge in [-0.25, -0.2) is 4.21 Å². The Morgan fingerprint density at radius 2 is 1.85 bits per heavy atom. The quantitative estimate of drug-likeness (QED) is 0.822. The lowest BCUT2D eigenvalue weighted by Crippen LogP contribution is -2.40. The second-order valence-electron chi connectivity index (χ2n) is 6.10. The summed E-state index contributed by atoms with van der Waals surface area (Å²) in [5, 5.41) is 9.55. The summed E-state index contributed by atoms with van der Waals surface area (Å²) in [6.45, 7) is 0. The van der Waals surface area contributed by atoms with E-state index in [0.717, 1.165) is 37.7 Å². The van der Waals surface area contributed by atoms with Crippen LogP contribution in [0.4, 0.5) is 0 Å². The van der Waals surface area contributed by atoms with Crippen LogP contribution < -0.4 is 0 Å². The molecule has 1 unspecified atom stereocenters. The summed E-state index contributed by atoms with van der Waals surface area (Å²) in [5.74, 6) is 0. The highest BCUT2D eigenvalue weighted by Crippen LogP contribution is 2.51. The first-order valence-electron chi connectivity index (χ1n) is 7.16. The fraction of sp³-hybridized carbons (Fsp3) is 0.500. The van der Waals surface area contributed by atoms with Crippen molar-refractivity contribution in [2.45, 2.75) is 49.5 Å². The lowest BCUT2D eigenvalue weighted by Gasteiger charge is -2.45. The molecule has 0 radical (unpaired) electrons. The molecule has 20 heavy (non-hydrogen) atoms. The fourth-order valence-corrected chi connectivity index (χ4v) is 3.94. The van der Waals surface area contributed by atoms with E-state index >= 15 is 0 Å². The van der Waals surface area contributed by atoms with E-state index in [1.165, 1.54) is 12.0 Å². The Morgan fingerprint density at radius 1 is 1.15 bits per heavy atom. The zero-order valence-electron chi connectivity index (χ0n) is 11.4. The van der Waals surface area contributed by atoms with Gasteiger partial charge in [-0.05, 0) is 67.2 Å². The topological polar surface area (TPSA) is 57.5 Å². The van der Waals surface area contributed by atoms with Gasteiger partial charge in [0.2, 0.25) is 0 Å². The molecule has 2 aliphatic carbocycles. The minimum Gasteiger partial charge on any atom is -0.393 e. The van der Waals surface area contributed by atoms with Crippen LogP contribution in [0.5, 0.6) is 0 Å². The summed E-state index contributed by atoms with van der Waals surface area (Å²) < 4.78 is 20.0. The summed E-state index contributed by atoms with van der Waals surface area (Å²) in [6, 6.07) is 7.31. The maximum atomic E-state index is 11.0. The smallest absolute Gasteiger partial charge is 0.186 e. The van der Waals surface area contributed by atoms with Gasteiger partial charge in [0, 0.05) is 0 Å². The first-order chi connectivity index (χ1) is 9.58. The number of rotatable bonds is 2. The third-order valence-corrected chi connectivity index (χ3v) is 5.43. The van der Waals surface area contributed by atoms with Crippen LogP contribution in [0.15, 0.2) is 35.2 Å². The van der Waals surface area contributed by atoms with Gasteiger partial charge in [-0.3, -0.25) is 0 Å². The number of hydrogen-bond acceptors (Lipinski definition) is 2. The van der Waals surface area contributed by atoms with E-state index in [0.29, 0.717) is 10.3 Å². The molecule has 0 bridgehead atoms. The Labute approximate surface area is 122 Å². The molecule has 3 nitrogen and oxygen atoms in total. The van der Waals surface area contributed by atoms with Gasteiger partial charge >= 0.3 is 0 Å². The molecule has 4 heteroatoms. The van der Waals surface area contributed by atoms with Crippen molar-refractivity contribution in [2.24, 2.45) is 5.41 Å². The van der Waals surface area contributed by atoms with Crippen LogP contribution >= 0.6 is 0 Å². The zero-order chi connectivity index (χ0) is 14.2. The van der Waals surface area contributed by atoms with Crippen molar-refractivity contribution in [1.82, 2.24) is 0 Å². The number of benzene rings is 1. The number of hydrogen-bond donors (Lipinski definition) is 2. The Hall–Kier alpha value is -0.970. The first kappa shape index (κ1) is 14.0. The molecule has 1 aromatic carbocycles. The summed E-state index contributed by atoms with van der Waals surface area (Å²) >= 11 is -1.90. The standard InChI is InChI=1S/C16H20O3S/c17-14-10-16(11-14)8-1-2-12(7-9-16)13-3-5-15(6-4-13)20(18)19/h2-6,14,17H,1,7-11H2,(H,18,19). The highest BCUT2D eigenvalue weighted by atomic mass is 32.2. The van der Waals surface area contributed by atoms with Crippen molar-refractivity contribution in [3.05, 3.63) is 35.9 Å². The van der Waals surface area contributed by atoms with Crippen molar-refractivity contribution in [3.8, 4) is 0 Å². The monoisotopic (exact) mass is 292 g/mol. The SMILES string of the molecule is O=S(O)c1ccc(C2=CCCC3(CC2)CC(O)C3)cc1. The van der Waals surface area contributed by atoms with E-state index < -0.39 is 11.1 Å². The second-order valence-corrected chi connectivity index (χ2v) is 7.07. The molecule has 108 valence electrons. The van der Waals surface area contributed by atoms with Gasteiger partial charge in [0.15, 0.2) is 11.1 Å². The minimum atomic E-state index is -1.90. The van der Waals surface area contributed by atoms with E-state index in [4.69, 9.17) is 4.55 Å². The number of aliphatic hydroxyl groups is 1. The molecule has 1 aromatic rings. The van der Waals surface area contributed by atoms with Crippen molar-refractivity contribution >= 4 is 16.7 Å². The fourth-order valence-electron chi connectivity index (χ4n) is 3.58. The van der Waals surface area contributed by atoms with Crippen molar-refractivity contribution in [1.29, 1.82) is 0 Å². The van der Waals surface area contributed by atoms with Gasteiger partial charge in [0.05, 0.1) is 11.0 Å². The van der Waals surface area contributed by atoms with Crippen LogP contribution in [0, 0.1) is 5.41 Å². The van der Waals surface area contributed by atoms with E-state index in [1.807, 2.05) is 12.1 Å². The third-order valence-electron chi connectivity index (χ3n) is 4.75. The van der Waals surface area contributed by atoms with Crippen LogP contribution in [-0.4, -0.2) is 20.0 Å². The summed E-state index contributed by atoms with van der Waals surface area (Å²) in [5.41, 5.74) is 2.85. The largest absolute Gasteiger partial charge is 0.393 e. The van der Waals surface area contributed by atoms with E-state index in [-0.39, 0.29) is 6.10 Å². The van der Waals surface area contributed by atoms with Gasteiger partial charge < -0.3 is 9.66 Å². The molecule has 2 aliphatic rings. The molecule has 2 N–H and O–H groups in total. The average molecular weight is 292 g/mol. The Balaban J connectivity index is 1.71. The Morgan fingerprint density at radius 3 is 2.45 bits per heavy atom. The zero-order valence-corrected chi connectivity index (χ0v) is 12.2. The minimum absolute atomic E-state index is 0.0876. The van der Waals surface area contributed by atoms with Crippen LogP contribution in [0.1, 0.15) is 44.1 Å². The van der Waals surface area contributed by atoms with Gasteiger partial charge in [0.25, 0.3) is 0 Å². The maximum Gasteiger partial charge on any atom is 0.186 e. The van der Waals surface area contributed by atoms with E-state index in [9.17, 15) is 9.32 Å². The Kier molecular flexibility index (Phi) is 3.80. The van der Waals surface area contributed by atoms with Crippen LogP contribution in [0.2, 0.25) is 0 Å². The van der Waals surface area contributed by atoms with Crippen molar-refractivity contribution < 1.29 is 13.9 Å². The molecule has 0 saturated heterocycles. The first-order valence-corrected chi connectivity index (χ1v) is 8.27. The van der Waals surface area contributed by atoms with Crippen LogP contribution in [0.25, 0.3) is 5.57 Å². The summed E-state index contributed by atoms with van der Waals surface area (Å²) in [6.07, 6.45) is 8.53. The predicted molar refractivity (Wildman–Crippen MR) is 79.6 cm³/mol. The Bertz CT molecular complexity index is 541. The molecule has 3 rings (SSSR count). The third kappa shape index (κ3) is 2.73. The molecule has 1 saturated carbocycles. The molecule has 1 atom stereocenters. The van der Waals surface area contributed by atoms with Gasteiger partial charge in [-0.15, -0.1) is 0 Å². The van der Waals surface area contributed by atoms with Gasteiger partial charge in [0.1, 0.15) is 0 Å². The van der Waals surface area contributed by atoms with Crippen LogP contribution in [-0.2, 0) is 11.1 Å². The maximum absolute atomic E-state index is 11.0. The van der Waals surface area contributed by atoms with Gasteiger partial charge in [-0.1, -0.05) is 18.2 Å². The highest BCUT2D eigenvalue weighted by molar-refractivity contribution is 7.79. The molecule has 0 aliphatic heterocycles. The van der Waals surface area contributed by atoms with Crippen molar-refractivity contribution in [2.75, 3.05) is 0 Å². The van der Waals surface area contributed by atoms with Crippen molar-refractivity contribution in [3.63, 3.8) is 0 Å². The molecular weight excluding hydrogens is 272 g/mol. The highest BCUT2D eigenvalue weighted by Gasteiger charge is 2.42. The molecule has 0 heterocycles. The summed E-state index contributed by atoms with van der Waals surface area (Å²) in [7, 11) is 0. The lowest BCUT2D eigenvalue weighted by atomic mass is 9.62. The van der Waals surface area contributed by atoms with E-state index in [1.54, 1.807) is 12.1 Å². The molecule has 0 amide bonds. The molecule has 1 spiro atoms. The van der Waals surface area contributed by atoms with Crippen LogP contribution in [0.3, 0.4) is 0 Å². The average Bonchev–Trinajstić information content (AvgIpc) is 2.62. The molecular formula is C16H20O3S. The lowest BCUT2D eigenvalue weighted by molar-refractivity contribution is -0.0403. The molecule has 0 aromatic heterocycles.